The van der Waals surface area contributed by atoms with Crippen molar-refractivity contribution in [3.8, 4) is 0 Å². The van der Waals surface area contributed by atoms with E-state index in [1.807, 2.05) is 18.2 Å². The molecule has 0 amide bonds. The molecule has 1 spiro atoms. The maximum atomic E-state index is 10.7. The number of nitrogens with zero attached hydrogens (tertiary/aromatic N) is 1. The molecule has 2 N–H and O–H groups in total. The third-order valence-corrected chi connectivity index (χ3v) is 5.55. The zero-order valence-electron chi connectivity index (χ0n) is 16.0. The average molecular weight is 344 g/mol. The number of hydrogen-bond acceptors (Lipinski definition) is 3. The molecule has 3 nitrogen and oxygen atoms in total. The predicted octanol–water partition coefficient (Wildman–Crippen LogP) is 4.55. The van der Waals surface area contributed by atoms with Crippen LogP contribution in [0.5, 0.6) is 0 Å². The topological polar surface area (TPSA) is 43.7 Å². The molecule has 0 aromatic rings. The first kappa shape index (κ1) is 19.7. The van der Waals surface area contributed by atoms with Gasteiger partial charge < -0.3 is 15.1 Å². The predicted molar refractivity (Wildman–Crippen MR) is 105 cm³/mol. The Kier molecular flexibility index (Phi) is 6.12. The molecule has 3 heteroatoms. The molecule has 0 bridgehead atoms. The molecule has 138 valence electrons. The molecule has 1 aliphatic heterocycles. The number of allylic oxidation sites excluding steroid dienone is 6. The fourth-order valence-corrected chi connectivity index (χ4v) is 4.40. The minimum atomic E-state index is -0.569. The summed E-state index contributed by atoms with van der Waals surface area (Å²) in [5.41, 5.74) is 2.09. The highest BCUT2D eigenvalue weighted by molar-refractivity contribution is 5.26. The molecule has 2 fully saturated rings. The van der Waals surface area contributed by atoms with Gasteiger partial charge in [-0.1, -0.05) is 50.0 Å². The highest BCUT2D eigenvalue weighted by Crippen LogP contribution is 2.56. The van der Waals surface area contributed by atoms with Crippen molar-refractivity contribution in [3.63, 3.8) is 0 Å². The van der Waals surface area contributed by atoms with Gasteiger partial charge in [-0.25, -0.2) is 0 Å². The molecule has 0 aromatic heterocycles. The summed E-state index contributed by atoms with van der Waals surface area (Å²) >= 11 is 0. The van der Waals surface area contributed by atoms with Crippen LogP contribution in [-0.2, 0) is 0 Å². The molecule has 0 radical (unpaired) electrons. The molecule has 1 aliphatic carbocycles. The molecular weight excluding hydrogens is 310 g/mol. The molecule has 1 saturated heterocycles. The van der Waals surface area contributed by atoms with Gasteiger partial charge in [-0.2, -0.15) is 0 Å². The van der Waals surface area contributed by atoms with Crippen LogP contribution in [-0.4, -0.2) is 40.3 Å². The number of aliphatic hydroxyl groups excluding tert-OH is 1. The third-order valence-electron chi connectivity index (χ3n) is 5.55. The lowest BCUT2D eigenvalue weighted by Crippen LogP contribution is -2.68. The summed E-state index contributed by atoms with van der Waals surface area (Å²) in [6.45, 7) is 16.8. The molecular formula is C22H33NO2. The summed E-state index contributed by atoms with van der Waals surface area (Å²) in [4.78, 5) is 2.48. The number of aliphatic hydroxyl groups is 2. The third kappa shape index (κ3) is 4.96. The SMILES string of the molecule is C=C/C=C(\C=C)CC1(O)CC2(CN(CC(C)/C(C)=C/C=C(\C)O)C2)C1. The van der Waals surface area contributed by atoms with Crippen LogP contribution < -0.4 is 0 Å². The van der Waals surface area contributed by atoms with Gasteiger partial charge >= 0.3 is 0 Å². The Morgan fingerprint density at radius 2 is 1.80 bits per heavy atom. The van der Waals surface area contributed by atoms with Crippen LogP contribution in [0.1, 0.15) is 40.0 Å². The zero-order valence-corrected chi connectivity index (χ0v) is 16.0. The van der Waals surface area contributed by atoms with Gasteiger partial charge in [-0.05, 0) is 44.3 Å². The van der Waals surface area contributed by atoms with E-state index in [1.54, 1.807) is 19.1 Å². The van der Waals surface area contributed by atoms with Crippen molar-refractivity contribution in [1.29, 1.82) is 0 Å². The van der Waals surface area contributed by atoms with Crippen molar-refractivity contribution < 1.29 is 10.2 Å². The molecule has 25 heavy (non-hydrogen) atoms. The maximum absolute atomic E-state index is 10.7. The van der Waals surface area contributed by atoms with E-state index in [4.69, 9.17) is 0 Å². The molecule has 2 aliphatic rings. The van der Waals surface area contributed by atoms with Crippen LogP contribution in [0.15, 0.2) is 60.4 Å². The quantitative estimate of drug-likeness (QED) is 0.502. The average Bonchev–Trinajstić information content (AvgIpc) is 2.48. The second kappa shape index (κ2) is 7.76. The van der Waals surface area contributed by atoms with E-state index in [2.05, 4.69) is 31.9 Å². The van der Waals surface area contributed by atoms with Crippen molar-refractivity contribution in [2.75, 3.05) is 19.6 Å². The zero-order chi connectivity index (χ0) is 18.7. The van der Waals surface area contributed by atoms with Gasteiger partial charge in [0.15, 0.2) is 0 Å². The highest BCUT2D eigenvalue weighted by atomic mass is 16.3. The number of hydrogen-bond donors (Lipinski definition) is 2. The molecule has 1 saturated carbocycles. The first-order valence-electron chi connectivity index (χ1n) is 9.14. The molecule has 1 unspecified atom stereocenters. The molecule has 1 atom stereocenters. The first-order valence-corrected chi connectivity index (χ1v) is 9.14. The lowest BCUT2D eigenvalue weighted by Gasteiger charge is -2.63. The lowest BCUT2D eigenvalue weighted by molar-refractivity contribution is -0.189. The van der Waals surface area contributed by atoms with Crippen molar-refractivity contribution in [2.24, 2.45) is 11.3 Å². The highest BCUT2D eigenvalue weighted by Gasteiger charge is 2.58. The summed E-state index contributed by atoms with van der Waals surface area (Å²) < 4.78 is 0. The van der Waals surface area contributed by atoms with E-state index in [-0.39, 0.29) is 0 Å². The fourth-order valence-electron chi connectivity index (χ4n) is 4.40. The van der Waals surface area contributed by atoms with Gasteiger partial charge in [0.25, 0.3) is 0 Å². The van der Waals surface area contributed by atoms with Gasteiger partial charge in [0.05, 0.1) is 11.4 Å². The fraction of sp³-hybridized carbons (Fsp3) is 0.545. The maximum Gasteiger partial charge on any atom is 0.0891 e. The Hall–Kier alpha value is -1.58. The van der Waals surface area contributed by atoms with Crippen molar-refractivity contribution >= 4 is 0 Å². The van der Waals surface area contributed by atoms with Crippen LogP contribution in [0, 0.1) is 11.3 Å². The van der Waals surface area contributed by atoms with Crippen LogP contribution in [0.4, 0.5) is 0 Å². The van der Waals surface area contributed by atoms with Crippen molar-refractivity contribution in [1.82, 2.24) is 4.90 Å². The smallest absolute Gasteiger partial charge is 0.0891 e. The van der Waals surface area contributed by atoms with E-state index in [0.717, 1.165) is 38.0 Å². The van der Waals surface area contributed by atoms with E-state index < -0.39 is 5.60 Å². The second-order valence-corrected chi connectivity index (χ2v) is 8.23. The lowest BCUT2D eigenvalue weighted by atomic mass is 9.53. The molecule has 2 rings (SSSR count). The second-order valence-electron chi connectivity index (χ2n) is 8.23. The minimum Gasteiger partial charge on any atom is -0.513 e. The van der Waals surface area contributed by atoms with Crippen LogP contribution in [0.3, 0.4) is 0 Å². The Morgan fingerprint density at radius 1 is 1.16 bits per heavy atom. The van der Waals surface area contributed by atoms with Crippen LogP contribution >= 0.6 is 0 Å². The van der Waals surface area contributed by atoms with Crippen molar-refractivity contribution in [3.05, 3.63) is 60.4 Å². The number of likely N-dealkylation sites (tertiary alicyclic amines) is 1. The van der Waals surface area contributed by atoms with Gasteiger partial charge in [-0.15, -0.1) is 0 Å². The van der Waals surface area contributed by atoms with E-state index >= 15 is 0 Å². The molecule has 1 heterocycles. The monoisotopic (exact) mass is 343 g/mol. The standard InChI is InChI=1S/C22H33NO2/c1-6-8-20(7-2)11-22(25)13-21(14-22)15-23(16-21)12-18(4)17(3)9-10-19(5)24/h6-10,18,24-25H,1-2,11-16H2,3-5H3/b17-9+,19-10+,20-8+. The summed E-state index contributed by atoms with van der Waals surface area (Å²) in [6.07, 6.45) is 11.7. The summed E-state index contributed by atoms with van der Waals surface area (Å²) in [5, 5.41) is 20.0. The summed E-state index contributed by atoms with van der Waals surface area (Å²) in [5.74, 6) is 0.808. The Morgan fingerprint density at radius 3 is 2.32 bits per heavy atom. The van der Waals surface area contributed by atoms with E-state index in [9.17, 15) is 10.2 Å². The Balaban J connectivity index is 1.79. The largest absolute Gasteiger partial charge is 0.513 e. The van der Waals surface area contributed by atoms with Gasteiger partial charge in [-0.3, -0.25) is 0 Å². The normalized spacial score (nSPS) is 24.4. The van der Waals surface area contributed by atoms with Crippen molar-refractivity contribution in [2.45, 2.75) is 45.6 Å². The van der Waals surface area contributed by atoms with Gasteiger partial charge in [0.1, 0.15) is 0 Å². The van der Waals surface area contributed by atoms with E-state index in [1.165, 1.54) is 5.57 Å². The van der Waals surface area contributed by atoms with Crippen LogP contribution in [0.2, 0.25) is 0 Å². The van der Waals surface area contributed by atoms with Gasteiger partial charge in [0, 0.05) is 31.5 Å². The molecule has 0 aromatic carbocycles. The Bertz CT molecular complexity index is 594. The Labute approximate surface area is 152 Å². The first-order chi connectivity index (χ1) is 11.7. The minimum absolute atomic E-state index is 0.314. The summed E-state index contributed by atoms with van der Waals surface area (Å²) in [7, 11) is 0. The van der Waals surface area contributed by atoms with Crippen LogP contribution in [0.25, 0.3) is 0 Å². The number of rotatable bonds is 8. The van der Waals surface area contributed by atoms with E-state index in [0.29, 0.717) is 23.5 Å². The van der Waals surface area contributed by atoms with Gasteiger partial charge in [0.2, 0.25) is 0 Å². The summed E-state index contributed by atoms with van der Waals surface area (Å²) in [6, 6.07) is 0.